The van der Waals surface area contributed by atoms with E-state index >= 15 is 0 Å². The number of amides is 1. The van der Waals surface area contributed by atoms with Crippen LogP contribution in [0.1, 0.15) is 18.4 Å². The van der Waals surface area contributed by atoms with E-state index in [1.165, 1.54) is 12.1 Å². The lowest BCUT2D eigenvalue weighted by molar-refractivity contribution is -0.150. The summed E-state index contributed by atoms with van der Waals surface area (Å²) in [6.45, 7) is 3.51. The number of benzene rings is 1. The summed E-state index contributed by atoms with van der Waals surface area (Å²) in [4.78, 5) is 14.2. The van der Waals surface area contributed by atoms with Gasteiger partial charge in [0.15, 0.2) is 0 Å². The van der Waals surface area contributed by atoms with Gasteiger partial charge in [-0.25, -0.2) is 13.2 Å². The minimum Gasteiger partial charge on any atom is -0.376 e. The first-order valence-corrected chi connectivity index (χ1v) is 9.13. The molecule has 4 rings (SSSR count). The average molecular weight is 368 g/mol. The number of nitrogens with zero attached hydrogens (tertiary/aromatic N) is 1. The zero-order valence-electron chi connectivity index (χ0n) is 14.5. The van der Waals surface area contributed by atoms with Crippen molar-refractivity contribution in [3.8, 4) is 0 Å². The first-order valence-electron chi connectivity index (χ1n) is 9.13. The Balaban J connectivity index is 1.25. The zero-order valence-corrected chi connectivity index (χ0v) is 14.5. The van der Waals surface area contributed by atoms with E-state index in [1.807, 2.05) is 0 Å². The van der Waals surface area contributed by atoms with Crippen molar-refractivity contribution >= 4 is 5.91 Å². The minimum atomic E-state index is -2.67. The number of ether oxygens (including phenoxy) is 1. The van der Waals surface area contributed by atoms with Crippen molar-refractivity contribution in [3.05, 3.63) is 35.6 Å². The molecule has 2 saturated heterocycles. The lowest BCUT2D eigenvalue weighted by Gasteiger charge is -2.34. The van der Waals surface area contributed by atoms with E-state index in [0.29, 0.717) is 19.1 Å². The van der Waals surface area contributed by atoms with Crippen molar-refractivity contribution < 1.29 is 22.7 Å². The second kappa shape index (κ2) is 6.85. The second-order valence-corrected chi connectivity index (χ2v) is 7.82. The Kier molecular flexibility index (Phi) is 4.69. The highest BCUT2D eigenvalue weighted by atomic mass is 19.3. The Labute approximate surface area is 150 Å². The molecule has 0 unspecified atom stereocenters. The number of nitrogens with one attached hydrogen (secondary N) is 1. The van der Waals surface area contributed by atoms with Gasteiger partial charge in [0.2, 0.25) is 11.8 Å². The third-order valence-corrected chi connectivity index (χ3v) is 5.83. The van der Waals surface area contributed by atoms with Crippen LogP contribution in [0, 0.1) is 23.6 Å². The molecule has 0 spiro atoms. The SMILES string of the molecule is O=C(NC[C@@H]1CO[C@H]2CN(Cc3ccc(F)cc3)C[C@@H]12)C1CC(F)(F)C1. The summed E-state index contributed by atoms with van der Waals surface area (Å²) in [6.07, 6.45) is -0.528. The summed E-state index contributed by atoms with van der Waals surface area (Å²) in [5.41, 5.74) is 1.06. The van der Waals surface area contributed by atoms with Gasteiger partial charge >= 0.3 is 0 Å². The van der Waals surface area contributed by atoms with E-state index in [-0.39, 0.29) is 36.6 Å². The number of rotatable bonds is 5. The third-order valence-electron chi connectivity index (χ3n) is 5.83. The van der Waals surface area contributed by atoms with Gasteiger partial charge in [-0.2, -0.15) is 0 Å². The molecule has 1 saturated carbocycles. The van der Waals surface area contributed by atoms with Gasteiger partial charge in [0.1, 0.15) is 5.82 Å². The Morgan fingerprint density at radius 2 is 1.96 bits per heavy atom. The molecular weight excluding hydrogens is 345 g/mol. The molecule has 3 aliphatic rings. The smallest absolute Gasteiger partial charge is 0.249 e. The molecule has 1 aliphatic carbocycles. The molecule has 1 amide bonds. The van der Waals surface area contributed by atoms with Crippen molar-refractivity contribution in [3.63, 3.8) is 0 Å². The summed E-state index contributed by atoms with van der Waals surface area (Å²) in [5, 5.41) is 2.84. The van der Waals surface area contributed by atoms with E-state index in [2.05, 4.69) is 10.2 Å². The molecule has 0 aromatic heterocycles. The van der Waals surface area contributed by atoms with Crippen LogP contribution in [0.2, 0.25) is 0 Å². The van der Waals surface area contributed by atoms with Crippen LogP contribution in [-0.2, 0) is 16.1 Å². The summed E-state index contributed by atoms with van der Waals surface area (Å²) in [7, 11) is 0. The van der Waals surface area contributed by atoms with Crippen LogP contribution in [-0.4, -0.2) is 49.1 Å². The highest BCUT2D eigenvalue weighted by Gasteiger charge is 2.49. The number of likely N-dealkylation sites (tertiary alicyclic amines) is 1. The van der Waals surface area contributed by atoms with Crippen LogP contribution in [0.5, 0.6) is 0 Å². The molecule has 26 heavy (non-hydrogen) atoms. The number of alkyl halides is 2. The fraction of sp³-hybridized carbons (Fsp3) is 0.632. The maximum Gasteiger partial charge on any atom is 0.249 e. The van der Waals surface area contributed by atoms with Gasteiger partial charge in [-0.3, -0.25) is 9.69 Å². The molecule has 7 heteroatoms. The molecule has 1 aromatic carbocycles. The predicted molar refractivity (Wildman–Crippen MR) is 89.1 cm³/mol. The molecule has 2 aliphatic heterocycles. The number of carbonyl (C=O) groups is 1. The standard InChI is InChI=1S/C19H23F3N2O2/c20-15-3-1-12(2-4-15)8-24-9-16-14(11-26-17(16)10-24)7-23-18(25)13-5-19(21,22)6-13/h1-4,13-14,16-17H,5-11H2,(H,23,25)/t14-,16+,17+/m1/s1. The van der Waals surface area contributed by atoms with Crippen LogP contribution in [0.3, 0.4) is 0 Å². The number of carbonyl (C=O) groups excluding carboxylic acids is 1. The summed E-state index contributed by atoms with van der Waals surface area (Å²) in [6, 6.07) is 6.50. The number of halogens is 3. The van der Waals surface area contributed by atoms with Gasteiger partial charge in [-0.15, -0.1) is 0 Å². The molecule has 142 valence electrons. The van der Waals surface area contributed by atoms with E-state index < -0.39 is 11.8 Å². The summed E-state index contributed by atoms with van der Waals surface area (Å²) < 4.78 is 44.6. The van der Waals surface area contributed by atoms with Gasteiger partial charge < -0.3 is 10.1 Å². The first-order chi connectivity index (χ1) is 12.4. The molecule has 2 heterocycles. The molecule has 4 nitrogen and oxygen atoms in total. The maximum absolute atomic E-state index is 13.0. The van der Waals surface area contributed by atoms with Crippen LogP contribution >= 0.6 is 0 Å². The van der Waals surface area contributed by atoms with Gasteiger partial charge in [0.25, 0.3) is 0 Å². The topological polar surface area (TPSA) is 41.6 Å². The average Bonchev–Trinajstić information content (AvgIpc) is 3.13. The molecule has 3 fully saturated rings. The number of fused-ring (bicyclic) bond motifs is 1. The summed E-state index contributed by atoms with van der Waals surface area (Å²) >= 11 is 0. The van der Waals surface area contributed by atoms with E-state index in [4.69, 9.17) is 4.74 Å². The molecule has 1 N–H and O–H groups in total. The monoisotopic (exact) mass is 368 g/mol. The molecule has 3 atom stereocenters. The normalized spacial score (nSPS) is 30.8. The third kappa shape index (κ3) is 3.74. The first kappa shape index (κ1) is 17.8. The zero-order chi connectivity index (χ0) is 18.3. The second-order valence-electron chi connectivity index (χ2n) is 7.82. The van der Waals surface area contributed by atoms with Crippen LogP contribution in [0.15, 0.2) is 24.3 Å². The van der Waals surface area contributed by atoms with Crippen molar-refractivity contribution in [1.82, 2.24) is 10.2 Å². The van der Waals surface area contributed by atoms with Crippen molar-refractivity contribution in [2.24, 2.45) is 17.8 Å². The van der Waals surface area contributed by atoms with Crippen molar-refractivity contribution in [2.45, 2.75) is 31.4 Å². The Bertz CT molecular complexity index is 659. The van der Waals surface area contributed by atoms with E-state index in [9.17, 15) is 18.0 Å². The maximum atomic E-state index is 13.0. The lowest BCUT2D eigenvalue weighted by atomic mass is 9.80. The van der Waals surface area contributed by atoms with E-state index in [1.54, 1.807) is 12.1 Å². The Hall–Kier alpha value is -1.60. The molecular formula is C19H23F3N2O2. The van der Waals surface area contributed by atoms with Gasteiger partial charge in [0, 0.05) is 56.8 Å². The fourth-order valence-corrected chi connectivity index (χ4v) is 4.29. The van der Waals surface area contributed by atoms with Gasteiger partial charge in [-0.05, 0) is 17.7 Å². The Morgan fingerprint density at radius 1 is 1.23 bits per heavy atom. The van der Waals surface area contributed by atoms with Crippen LogP contribution in [0.25, 0.3) is 0 Å². The highest BCUT2D eigenvalue weighted by Crippen LogP contribution is 2.42. The Morgan fingerprint density at radius 3 is 2.65 bits per heavy atom. The highest BCUT2D eigenvalue weighted by molar-refractivity contribution is 5.79. The van der Waals surface area contributed by atoms with Crippen molar-refractivity contribution in [1.29, 1.82) is 0 Å². The van der Waals surface area contributed by atoms with Crippen LogP contribution < -0.4 is 5.32 Å². The molecule has 1 aromatic rings. The van der Waals surface area contributed by atoms with Crippen molar-refractivity contribution in [2.75, 3.05) is 26.2 Å². The fourth-order valence-electron chi connectivity index (χ4n) is 4.29. The molecule has 0 radical (unpaired) electrons. The molecule has 0 bridgehead atoms. The largest absolute Gasteiger partial charge is 0.376 e. The predicted octanol–water partition coefficient (Wildman–Crippen LogP) is 2.43. The van der Waals surface area contributed by atoms with Gasteiger partial charge in [0.05, 0.1) is 12.7 Å². The van der Waals surface area contributed by atoms with Gasteiger partial charge in [-0.1, -0.05) is 12.1 Å². The minimum absolute atomic E-state index is 0.144. The quantitative estimate of drug-likeness (QED) is 0.868. The lowest BCUT2D eigenvalue weighted by Crippen LogP contribution is -2.46. The van der Waals surface area contributed by atoms with Crippen LogP contribution in [0.4, 0.5) is 13.2 Å². The van der Waals surface area contributed by atoms with E-state index in [0.717, 1.165) is 25.2 Å². The number of hydrogen-bond donors (Lipinski definition) is 1. The summed E-state index contributed by atoms with van der Waals surface area (Å²) in [5.74, 6) is -3.19. The number of hydrogen-bond acceptors (Lipinski definition) is 3.